The van der Waals surface area contributed by atoms with Gasteiger partial charge in [-0.2, -0.15) is 0 Å². The molecule has 9 aromatic rings. The standard InChI is InChI=1S/C38H24N2/c1-2-10-25-21-27(19-17-24(25)9-1)40-36-16-8-6-14-32(36)38-31-13-4-3-11-28(31)33(23-37(38)40)26-18-20-30-29-12-5-7-15-34(29)39-35(30)22-26/h1-23,39H. The van der Waals surface area contributed by atoms with Crippen molar-refractivity contribution in [2.24, 2.45) is 0 Å². The molecule has 0 amide bonds. The van der Waals surface area contributed by atoms with E-state index in [1.807, 2.05) is 0 Å². The van der Waals surface area contributed by atoms with Gasteiger partial charge >= 0.3 is 0 Å². The van der Waals surface area contributed by atoms with Gasteiger partial charge in [-0.15, -0.1) is 0 Å². The van der Waals surface area contributed by atoms with Gasteiger partial charge in [-0.05, 0) is 69.1 Å². The van der Waals surface area contributed by atoms with Crippen LogP contribution in [0.4, 0.5) is 0 Å². The van der Waals surface area contributed by atoms with Gasteiger partial charge in [0.2, 0.25) is 0 Å². The average Bonchev–Trinajstić information content (AvgIpc) is 3.55. The summed E-state index contributed by atoms with van der Waals surface area (Å²) in [7, 11) is 0. The molecule has 0 aliphatic carbocycles. The first kappa shape index (κ1) is 21.6. The lowest BCUT2D eigenvalue weighted by Gasteiger charge is -2.13. The van der Waals surface area contributed by atoms with Crippen molar-refractivity contribution in [1.29, 1.82) is 0 Å². The van der Waals surface area contributed by atoms with Crippen LogP contribution in [0.2, 0.25) is 0 Å². The SMILES string of the molecule is c1ccc2cc(-n3c4ccccc4c4c5ccccc5c(-c5ccc6c(c5)[nH]c5ccccc56)cc43)ccc2c1. The highest BCUT2D eigenvalue weighted by Crippen LogP contribution is 2.42. The molecule has 0 radical (unpaired) electrons. The number of rotatable bonds is 2. The molecular formula is C38H24N2. The molecule has 186 valence electrons. The molecule has 1 N–H and O–H groups in total. The monoisotopic (exact) mass is 508 g/mol. The number of aromatic amines is 1. The molecule has 2 heteroatoms. The van der Waals surface area contributed by atoms with Gasteiger partial charge in [0.15, 0.2) is 0 Å². The van der Waals surface area contributed by atoms with Crippen molar-refractivity contribution in [3.63, 3.8) is 0 Å². The van der Waals surface area contributed by atoms with Crippen LogP contribution in [-0.4, -0.2) is 9.55 Å². The van der Waals surface area contributed by atoms with Gasteiger partial charge in [-0.3, -0.25) is 0 Å². The average molecular weight is 509 g/mol. The smallest absolute Gasteiger partial charge is 0.0553 e. The van der Waals surface area contributed by atoms with Crippen LogP contribution in [0.15, 0.2) is 140 Å². The van der Waals surface area contributed by atoms with E-state index in [4.69, 9.17) is 0 Å². The third-order valence-electron chi connectivity index (χ3n) is 8.49. The van der Waals surface area contributed by atoms with Gasteiger partial charge in [0, 0.05) is 38.3 Å². The first-order valence-corrected chi connectivity index (χ1v) is 13.8. The summed E-state index contributed by atoms with van der Waals surface area (Å²) in [5, 5.41) is 10.2. The summed E-state index contributed by atoms with van der Waals surface area (Å²) in [4.78, 5) is 3.64. The second kappa shape index (κ2) is 8.08. The minimum Gasteiger partial charge on any atom is -0.354 e. The molecule has 7 aromatic carbocycles. The first-order chi connectivity index (χ1) is 19.8. The summed E-state index contributed by atoms with van der Waals surface area (Å²) in [6, 6.07) is 50.8. The minimum absolute atomic E-state index is 1.16. The summed E-state index contributed by atoms with van der Waals surface area (Å²) >= 11 is 0. The number of hydrogen-bond donors (Lipinski definition) is 1. The van der Waals surface area contributed by atoms with Crippen LogP contribution in [0.1, 0.15) is 0 Å². The summed E-state index contributed by atoms with van der Waals surface area (Å²) < 4.78 is 2.44. The summed E-state index contributed by atoms with van der Waals surface area (Å²) in [6.07, 6.45) is 0. The van der Waals surface area contributed by atoms with E-state index in [1.165, 1.54) is 76.5 Å². The van der Waals surface area contributed by atoms with Gasteiger partial charge in [-0.1, -0.05) is 103 Å². The molecule has 0 atom stereocenters. The van der Waals surface area contributed by atoms with Gasteiger partial charge in [0.25, 0.3) is 0 Å². The molecule has 9 rings (SSSR count). The van der Waals surface area contributed by atoms with Crippen molar-refractivity contribution in [1.82, 2.24) is 9.55 Å². The molecule has 0 saturated heterocycles. The van der Waals surface area contributed by atoms with E-state index in [-0.39, 0.29) is 0 Å². The molecule has 0 unspecified atom stereocenters. The Labute approximate surface area is 230 Å². The molecule has 0 bridgehead atoms. The van der Waals surface area contributed by atoms with Crippen molar-refractivity contribution in [3.8, 4) is 16.8 Å². The van der Waals surface area contributed by atoms with E-state index in [2.05, 4.69) is 149 Å². The lowest BCUT2D eigenvalue weighted by Crippen LogP contribution is -1.94. The first-order valence-electron chi connectivity index (χ1n) is 13.8. The van der Waals surface area contributed by atoms with Crippen LogP contribution >= 0.6 is 0 Å². The molecule has 2 heterocycles. The van der Waals surface area contributed by atoms with Crippen LogP contribution in [0, 0.1) is 0 Å². The molecule has 2 aromatic heterocycles. The van der Waals surface area contributed by atoms with Gasteiger partial charge in [0.05, 0.1) is 11.0 Å². The lowest BCUT2D eigenvalue weighted by atomic mass is 9.94. The number of fused-ring (bicyclic) bond motifs is 9. The molecule has 0 fully saturated rings. The fourth-order valence-electron chi connectivity index (χ4n) is 6.68. The van der Waals surface area contributed by atoms with Crippen LogP contribution in [0.25, 0.3) is 82.0 Å². The molecule has 2 nitrogen and oxygen atoms in total. The van der Waals surface area contributed by atoms with Crippen molar-refractivity contribution >= 4 is 65.2 Å². The van der Waals surface area contributed by atoms with Crippen molar-refractivity contribution in [2.45, 2.75) is 0 Å². The Bertz CT molecular complexity index is 2440. The van der Waals surface area contributed by atoms with E-state index in [0.717, 1.165) is 5.52 Å². The van der Waals surface area contributed by atoms with E-state index in [0.29, 0.717) is 0 Å². The highest BCUT2D eigenvalue weighted by molar-refractivity contribution is 6.24. The number of para-hydroxylation sites is 2. The lowest BCUT2D eigenvalue weighted by molar-refractivity contribution is 1.19. The number of benzene rings is 7. The molecule has 40 heavy (non-hydrogen) atoms. The van der Waals surface area contributed by atoms with Gasteiger partial charge in [0.1, 0.15) is 0 Å². The van der Waals surface area contributed by atoms with E-state index in [9.17, 15) is 0 Å². The zero-order valence-electron chi connectivity index (χ0n) is 21.7. The van der Waals surface area contributed by atoms with E-state index in [1.54, 1.807) is 0 Å². The van der Waals surface area contributed by atoms with E-state index >= 15 is 0 Å². The quantitative estimate of drug-likeness (QED) is 0.240. The number of nitrogens with zero attached hydrogens (tertiary/aromatic N) is 1. The van der Waals surface area contributed by atoms with Crippen LogP contribution < -0.4 is 0 Å². The normalized spacial score (nSPS) is 12.0. The largest absolute Gasteiger partial charge is 0.354 e. The Kier molecular flexibility index (Phi) is 4.36. The summed E-state index contributed by atoms with van der Waals surface area (Å²) in [5.41, 5.74) is 8.42. The van der Waals surface area contributed by atoms with Gasteiger partial charge in [-0.25, -0.2) is 0 Å². The van der Waals surface area contributed by atoms with E-state index < -0.39 is 0 Å². The highest BCUT2D eigenvalue weighted by atomic mass is 15.0. The third-order valence-corrected chi connectivity index (χ3v) is 8.49. The predicted octanol–water partition coefficient (Wildman–Crippen LogP) is 10.4. The fourth-order valence-corrected chi connectivity index (χ4v) is 6.68. The molecule has 0 aliphatic heterocycles. The van der Waals surface area contributed by atoms with Crippen LogP contribution in [0.3, 0.4) is 0 Å². The zero-order valence-corrected chi connectivity index (χ0v) is 21.7. The molecule has 0 saturated carbocycles. The van der Waals surface area contributed by atoms with Crippen LogP contribution in [0.5, 0.6) is 0 Å². The molecule has 0 spiro atoms. The van der Waals surface area contributed by atoms with Gasteiger partial charge < -0.3 is 9.55 Å². The molecule has 0 aliphatic rings. The Morgan fingerprint density at radius 1 is 0.425 bits per heavy atom. The topological polar surface area (TPSA) is 20.7 Å². The highest BCUT2D eigenvalue weighted by Gasteiger charge is 2.18. The number of H-pyrrole nitrogens is 1. The summed E-state index contributed by atoms with van der Waals surface area (Å²) in [5.74, 6) is 0. The third kappa shape index (κ3) is 2.99. The van der Waals surface area contributed by atoms with Crippen molar-refractivity contribution in [3.05, 3.63) is 140 Å². The number of aromatic nitrogens is 2. The van der Waals surface area contributed by atoms with Crippen LogP contribution in [-0.2, 0) is 0 Å². The number of nitrogens with one attached hydrogen (secondary N) is 1. The Morgan fingerprint density at radius 3 is 2.02 bits per heavy atom. The Hall–Kier alpha value is -5.34. The van der Waals surface area contributed by atoms with Crippen molar-refractivity contribution in [2.75, 3.05) is 0 Å². The van der Waals surface area contributed by atoms with Crippen molar-refractivity contribution < 1.29 is 0 Å². The zero-order chi connectivity index (χ0) is 26.2. The maximum absolute atomic E-state index is 3.64. The predicted molar refractivity (Wildman–Crippen MR) is 171 cm³/mol. The minimum atomic E-state index is 1.16. The molecular weight excluding hydrogens is 484 g/mol. The maximum Gasteiger partial charge on any atom is 0.0553 e. The Balaban J connectivity index is 1.40. The summed E-state index contributed by atoms with van der Waals surface area (Å²) in [6.45, 7) is 0. The number of hydrogen-bond acceptors (Lipinski definition) is 0. The second-order valence-corrected chi connectivity index (χ2v) is 10.7. The fraction of sp³-hybridized carbons (Fsp3) is 0. The maximum atomic E-state index is 3.64. The second-order valence-electron chi connectivity index (χ2n) is 10.7. The Morgan fingerprint density at radius 2 is 1.12 bits per heavy atom.